The van der Waals surface area contributed by atoms with E-state index in [0.717, 1.165) is 0 Å². The van der Waals surface area contributed by atoms with Crippen LogP contribution >= 0.6 is 11.6 Å². The summed E-state index contributed by atoms with van der Waals surface area (Å²) in [6, 6.07) is 4.98. The van der Waals surface area contributed by atoms with E-state index >= 15 is 0 Å². The lowest BCUT2D eigenvalue weighted by atomic mass is 10.2. The number of sulfone groups is 1. The number of halogens is 1. The van der Waals surface area contributed by atoms with E-state index in [1.165, 1.54) is 19.5 Å². The number of pyridine rings is 1. The maximum absolute atomic E-state index is 13.6. The van der Waals surface area contributed by atoms with Gasteiger partial charge in [-0.25, -0.2) is 23.4 Å². The van der Waals surface area contributed by atoms with Crippen molar-refractivity contribution in [3.8, 4) is 17.4 Å². The maximum Gasteiger partial charge on any atom is 0.213 e. The van der Waals surface area contributed by atoms with E-state index in [2.05, 4.69) is 25.1 Å². The smallest absolute Gasteiger partial charge is 0.213 e. The molecule has 0 aromatic carbocycles. The first-order chi connectivity index (χ1) is 17.1. The molecular formula is C23H31ClN6O5S. The Hall–Kier alpha value is -2.67. The van der Waals surface area contributed by atoms with Gasteiger partial charge < -0.3 is 18.8 Å². The standard InChI is InChI=1S/C23H31ClN6O5S/c1-14(2)35-21(22-25-10-17(24)11-26-22)16(4)36(31,32)13-19-28-29-23(30(19)15(3)12-33-5)18-8-7-9-20(27-18)34-6/h7-11,14-16,21H,12-13H2,1-6H3/t15-,16+,21-/m1/s1. The van der Waals surface area contributed by atoms with Crippen molar-refractivity contribution in [2.45, 2.75) is 56.9 Å². The minimum atomic E-state index is -3.82. The SMILES string of the molecule is COC[C@@H](C)n1c(CS(=O)(=O)[C@@H](C)[C@@H](OC(C)C)c2ncc(Cl)cn2)nnc1-c1cccc(OC)n1. The van der Waals surface area contributed by atoms with Gasteiger partial charge in [-0.15, -0.1) is 10.2 Å². The molecule has 0 bridgehead atoms. The molecule has 0 N–H and O–H groups in total. The number of hydrogen-bond donors (Lipinski definition) is 0. The van der Waals surface area contributed by atoms with Crippen molar-refractivity contribution >= 4 is 21.4 Å². The molecule has 0 spiro atoms. The van der Waals surface area contributed by atoms with Crippen LogP contribution in [-0.2, 0) is 25.1 Å². The minimum absolute atomic E-state index is 0.236. The van der Waals surface area contributed by atoms with Crippen LogP contribution in [0.15, 0.2) is 30.6 Å². The van der Waals surface area contributed by atoms with Gasteiger partial charge in [-0.05, 0) is 33.8 Å². The fourth-order valence-electron chi connectivity index (χ4n) is 3.67. The highest BCUT2D eigenvalue weighted by atomic mass is 35.5. The van der Waals surface area contributed by atoms with Gasteiger partial charge in [0.2, 0.25) is 5.88 Å². The molecule has 3 rings (SSSR count). The molecule has 0 aliphatic carbocycles. The Morgan fingerprint density at radius 3 is 2.36 bits per heavy atom. The van der Waals surface area contributed by atoms with Gasteiger partial charge in [0, 0.05) is 25.6 Å². The van der Waals surface area contributed by atoms with Crippen molar-refractivity contribution in [2.75, 3.05) is 20.8 Å². The van der Waals surface area contributed by atoms with Crippen LogP contribution < -0.4 is 4.74 Å². The zero-order valence-electron chi connectivity index (χ0n) is 21.1. The van der Waals surface area contributed by atoms with E-state index in [1.807, 2.05) is 20.8 Å². The number of rotatable bonds is 12. The van der Waals surface area contributed by atoms with Gasteiger partial charge in [-0.1, -0.05) is 17.7 Å². The van der Waals surface area contributed by atoms with Crippen LogP contribution in [0.5, 0.6) is 5.88 Å². The lowest BCUT2D eigenvalue weighted by molar-refractivity contribution is 0.00142. The molecule has 3 aromatic rings. The third-order valence-electron chi connectivity index (χ3n) is 5.41. The third kappa shape index (κ3) is 6.55. The largest absolute Gasteiger partial charge is 0.481 e. The van der Waals surface area contributed by atoms with E-state index in [4.69, 9.17) is 25.8 Å². The summed E-state index contributed by atoms with van der Waals surface area (Å²) in [4.78, 5) is 12.8. The quantitative estimate of drug-likeness (QED) is 0.337. The average molecular weight is 539 g/mol. The molecule has 0 aliphatic rings. The predicted octanol–water partition coefficient (Wildman–Crippen LogP) is 3.47. The zero-order valence-corrected chi connectivity index (χ0v) is 22.7. The lowest BCUT2D eigenvalue weighted by Crippen LogP contribution is -2.32. The Kier molecular flexibility index (Phi) is 9.34. The highest BCUT2D eigenvalue weighted by Crippen LogP contribution is 2.29. The molecule has 11 nitrogen and oxygen atoms in total. The molecule has 3 heterocycles. The average Bonchev–Trinajstić information content (AvgIpc) is 3.25. The van der Waals surface area contributed by atoms with Gasteiger partial charge in [-0.2, -0.15) is 0 Å². The van der Waals surface area contributed by atoms with Gasteiger partial charge in [0.1, 0.15) is 23.4 Å². The summed E-state index contributed by atoms with van der Waals surface area (Å²) in [6.07, 6.45) is 1.66. The van der Waals surface area contributed by atoms with E-state index in [-0.39, 0.29) is 29.5 Å². The van der Waals surface area contributed by atoms with Crippen LogP contribution in [0.4, 0.5) is 0 Å². The first kappa shape index (κ1) is 27.9. The summed E-state index contributed by atoms with van der Waals surface area (Å²) in [6.45, 7) is 7.42. The first-order valence-electron chi connectivity index (χ1n) is 11.4. The third-order valence-corrected chi connectivity index (χ3v) is 7.65. The fourth-order valence-corrected chi connectivity index (χ4v) is 5.15. The molecule has 36 heavy (non-hydrogen) atoms. The van der Waals surface area contributed by atoms with Gasteiger partial charge in [-0.3, -0.25) is 0 Å². The fraction of sp³-hybridized carbons (Fsp3) is 0.522. The Labute approximate surface area is 216 Å². The molecule has 196 valence electrons. The van der Waals surface area contributed by atoms with E-state index < -0.39 is 21.2 Å². The van der Waals surface area contributed by atoms with Gasteiger partial charge >= 0.3 is 0 Å². The summed E-state index contributed by atoms with van der Waals surface area (Å²) in [7, 11) is -0.726. The molecule has 0 fully saturated rings. The highest BCUT2D eigenvalue weighted by molar-refractivity contribution is 7.91. The Morgan fingerprint density at radius 1 is 1.06 bits per heavy atom. The van der Waals surface area contributed by atoms with Gasteiger partial charge in [0.15, 0.2) is 21.5 Å². The maximum atomic E-state index is 13.6. The van der Waals surface area contributed by atoms with Gasteiger partial charge in [0.05, 0.1) is 36.1 Å². The summed E-state index contributed by atoms with van der Waals surface area (Å²) >= 11 is 5.92. The molecule has 0 saturated carbocycles. The van der Waals surface area contributed by atoms with Crippen molar-refractivity contribution in [1.82, 2.24) is 29.7 Å². The molecule has 0 saturated heterocycles. The van der Waals surface area contributed by atoms with Crippen LogP contribution in [0.3, 0.4) is 0 Å². The number of aromatic nitrogens is 6. The van der Waals surface area contributed by atoms with Crippen LogP contribution in [0.1, 0.15) is 51.5 Å². The van der Waals surface area contributed by atoms with Crippen molar-refractivity contribution in [3.63, 3.8) is 0 Å². The Morgan fingerprint density at radius 2 is 1.75 bits per heavy atom. The lowest BCUT2D eigenvalue weighted by Gasteiger charge is -2.25. The van der Waals surface area contributed by atoms with Crippen LogP contribution in [0.25, 0.3) is 11.5 Å². The molecule has 3 aromatic heterocycles. The van der Waals surface area contributed by atoms with Crippen molar-refractivity contribution < 1.29 is 22.6 Å². The predicted molar refractivity (Wildman–Crippen MR) is 134 cm³/mol. The van der Waals surface area contributed by atoms with E-state index in [0.29, 0.717) is 29.0 Å². The summed E-state index contributed by atoms with van der Waals surface area (Å²) in [5.41, 5.74) is 0.497. The van der Waals surface area contributed by atoms with Gasteiger partial charge in [0.25, 0.3) is 0 Å². The Balaban J connectivity index is 2.00. The second-order valence-electron chi connectivity index (χ2n) is 8.56. The zero-order chi connectivity index (χ0) is 26.5. The topological polar surface area (TPSA) is 131 Å². The Bertz CT molecular complexity index is 1250. The van der Waals surface area contributed by atoms with E-state index in [1.54, 1.807) is 36.8 Å². The number of methoxy groups -OCH3 is 2. The van der Waals surface area contributed by atoms with Crippen LogP contribution in [0.2, 0.25) is 5.02 Å². The summed E-state index contributed by atoms with van der Waals surface area (Å²) in [5, 5.41) is 7.87. The molecule has 13 heteroatoms. The van der Waals surface area contributed by atoms with E-state index in [9.17, 15) is 8.42 Å². The van der Waals surface area contributed by atoms with Crippen LogP contribution in [-0.4, -0.2) is 70.3 Å². The summed E-state index contributed by atoms with van der Waals surface area (Å²) in [5.74, 6) is 0.921. The molecule has 0 amide bonds. The molecule has 3 atom stereocenters. The van der Waals surface area contributed by atoms with Crippen LogP contribution in [0, 0.1) is 0 Å². The first-order valence-corrected chi connectivity index (χ1v) is 13.4. The monoisotopic (exact) mass is 538 g/mol. The second kappa shape index (κ2) is 12.0. The molecule has 0 radical (unpaired) electrons. The number of nitrogens with zero attached hydrogens (tertiary/aromatic N) is 6. The second-order valence-corrected chi connectivity index (χ2v) is 11.4. The van der Waals surface area contributed by atoms with Crippen molar-refractivity contribution in [1.29, 1.82) is 0 Å². The normalized spacial score (nSPS) is 14.6. The number of ether oxygens (including phenoxy) is 3. The number of hydrogen-bond acceptors (Lipinski definition) is 10. The molecule has 0 unspecified atom stereocenters. The molecule has 0 aliphatic heterocycles. The van der Waals surface area contributed by atoms with Crippen molar-refractivity contribution in [2.24, 2.45) is 0 Å². The highest BCUT2D eigenvalue weighted by Gasteiger charge is 2.36. The minimum Gasteiger partial charge on any atom is -0.481 e. The van der Waals surface area contributed by atoms with Crippen molar-refractivity contribution in [3.05, 3.63) is 47.3 Å². The summed E-state index contributed by atoms with van der Waals surface area (Å²) < 4.78 is 45.5. The molecular weight excluding hydrogens is 508 g/mol.